The van der Waals surface area contributed by atoms with Crippen LogP contribution in [-0.2, 0) is 14.4 Å². The van der Waals surface area contributed by atoms with E-state index in [0.717, 1.165) is 0 Å². The average Bonchev–Trinajstić information content (AvgIpc) is 1.82. The summed E-state index contributed by atoms with van der Waals surface area (Å²) in [6.07, 6.45) is 0. The zero-order valence-electron chi connectivity index (χ0n) is 5.88. The van der Waals surface area contributed by atoms with Crippen LogP contribution in [0.4, 0.5) is 0 Å². The van der Waals surface area contributed by atoms with Crippen LogP contribution in [-0.4, -0.2) is 17.9 Å². The molecule has 1 atom stereocenters. The molecule has 0 unspecified atom stereocenters. The molecule has 0 heterocycles. The van der Waals surface area contributed by atoms with Crippen molar-refractivity contribution in [3.05, 3.63) is 0 Å². The largest absolute Gasteiger partial charge is 0.348 e. The second-order valence-electron chi connectivity index (χ2n) is 1.87. The number of nitrogens with two attached hydrogens (primary N) is 1. The lowest BCUT2D eigenvalue weighted by atomic mass is 10.4. The van der Waals surface area contributed by atoms with Crippen LogP contribution in [0.2, 0.25) is 0 Å². The van der Waals surface area contributed by atoms with Crippen molar-refractivity contribution < 1.29 is 14.4 Å². The van der Waals surface area contributed by atoms with Gasteiger partial charge in [-0.05, 0) is 6.92 Å². The minimum absolute atomic E-state index is 0.436. The van der Waals surface area contributed by atoms with Crippen molar-refractivity contribution in [1.29, 1.82) is 0 Å². The molecular weight excluding hydrogens is 136 g/mol. The predicted molar refractivity (Wildman–Crippen MR) is 33.6 cm³/mol. The molecule has 10 heavy (non-hydrogen) atoms. The van der Waals surface area contributed by atoms with Crippen LogP contribution >= 0.6 is 0 Å². The Bertz CT molecular complexity index is 144. The third kappa shape index (κ3) is 3.85. The van der Waals surface area contributed by atoms with E-state index in [1.807, 2.05) is 5.48 Å². The highest BCUT2D eigenvalue weighted by atomic mass is 16.7. The quantitative estimate of drug-likeness (QED) is 0.461. The number of rotatable bonds is 1. The Morgan fingerprint density at radius 1 is 1.60 bits per heavy atom. The zero-order valence-corrected chi connectivity index (χ0v) is 5.88. The van der Waals surface area contributed by atoms with Gasteiger partial charge in [-0.3, -0.25) is 4.79 Å². The van der Waals surface area contributed by atoms with E-state index in [1.165, 1.54) is 13.8 Å². The van der Waals surface area contributed by atoms with Crippen LogP contribution in [0.5, 0.6) is 0 Å². The monoisotopic (exact) mass is 146 g/mol. The first-order chi connectivity index (χ1) is 4.54. The summed E-state index contributed by atoms with van der Waals surface area (Å²) in [6, 6.07) is -0.716. The summed E-state index contributed by atoms with van der Waals surface area (Å²) in [5.74, 6) is -1.09. The van der Waals surface area contributed by atoms with Crippen molar-refractivity contribution in [2.75, 3.05) is 0 Å². The molecule has 58 valence electrons. The van der Waals surface area contributed by atoms with Gasteiger partial charge >= 0.3 is 5.97 Å². The number of hydroxylamine groups is 1. The molecule has 0 radical (unpaired) electrons. The third-order valence-electron chi connectivity index (χ3n) is 0.667. The summed E-state index contributed by atoms with van der Waals surface area (Å²) in [5, 5.41) is 0. The Morgan fingerprint density at radius 2 is 2.10 bits per heavy atom. The number of amides is 1. The number of nitrogens with one attached hydrogen (secondary N) is 1. The first-order valence-electron chi connectivity index (χ1n) is 2.77. The lowest BCUT2D eigenvalue weighted by Gasteiger charge is -2.04. The Labute approximate surface area is 58.5 Å². The van der Waals surface area contributed by atoms with E-state index in [9.17, 15) is 9.59 Å². The van der Waals surface area contributed by atoms with E-state index in [0.29, 0.717) is 0 Å². The van der Waals surface area contributed by atoms with E-state index in [2.05, 4.69) is 4.84 Å². The van der Waals surface area contributed by atoms with Crippen LogP contribution in [0.1, 0.15) is 13.8 Å². The van der Waals surface area contributed by atoms with Crippen molar-refractivity contribution in [2.45, 2.75) is 19.9 Å². The van der Waals surface area contributed by atoms with E-state index < -0.39 is 17.9 Å². The highest BCUT2D eigenvalue weighted by Crippen LogP contribution is 1.78. The number of carbonyl (C=O) groups excluding carboxylic acids is 2. The van der Waals surface area contributed by atoms with Gasteiger partial charge in [0.25, 0.3) is 0 Å². The normalized spacial score (nSPS) is 11.9. The van der Waals surface area contributed by atoms with Crippen LogP contribution in [0.15, 0.2) is 0 Å². The van der Waals surface area contributed by atoms with E-state index in [-0.39, 0.29) is 0 Å². The van der Waals surface area contributed by atoms with Gasteiger partial charge < -0.3 is 10.6 Å². The molecule has 0 rings (SSSR count). The summed E-state index contributed by atoms with van der Waals surface area (Å²) in [5.41, 5.74) is 6.95. The van der Waals surface area contributed by atoms with Crippen LogP contribution in [0, 0.1) is 0 Å². The molecule has 0 saturated carbocycles. The van der Waals surface area contributed by atoms with E-state index in [4.69, 9.17) is 5.73 Å². The van der Waals surface area contributed by atoms with Gasteiger partial charge in [0.2, 0.25) is 5.91 Å². The standard InChI is InChI=1S/C5H10N2O3/c1-3(6)5(9)10-7-4(2)8/h3H,6H2,1-2H3,(H,7,8)/t3-/m0/s1. The first kappa shape index (κ1) is 8.90. The van der Waals surface area contributed by atoms with Gasteiger partial charge in [0.05, 0.1) is 0 Å². The zero-order chi connectivity index (χ0) is 8.15. The van der Waals surface area contributed by atoms with Crippen LogP contribution in [0.3, 0.4) is 0 Å². The molecule has 0 bridgehead atoms. The van der Waals surface area contributed by atoms with Crippen molar-refractivity contribution in [3.8, 4) is 0 Å². The molecule has 5 nitrogen and oxygen atoms in total. The lowest BCUT2D eigenvalue weighted by Crippen LogP contribution is -2.34. The fourth-order valence-corrected chi connectivity index (χ4v) is 0.215. The summed E-state index contributed by atoms with van der Waals surface area (Å²) < 4.78 is 0. The molecule has 0 saturated heterocycles. The molecule has 0 aromatic rings. The maximum absolute atomic E-state index is 10.5. The fourth-order valence-electron chi connectivity index (χ4n) is 0.215. The summed E-state index contributed by atoms with van der Waals surface area (Å²) >= 11 is 0. The maximum atomic E-state index is 10.5. The molecule has 0 fully saturated rings. The van der Waals surface area contributed by atoms with Gasteiger partial charge in [0, 0.05) is 6.92 Å². The molecule has 0 aliphatic heterocycles. The Morgan fingerprint density at radius 3 is 2.40 bits per heavy atom. The molecule has 0 aliphatic carbocycles. The van der Waals surface area contributed by atoms with Crippen LogP contribution in [0.25, 0.3) is 0 Å². The van der Waals surface area contributed by atoms with Crippen molar-refractivity contribution in [3.63, 3.8) is 0 Å². The van der Waals surface area contributed by atoms with Crippen LogP contribution < -0.4 is 11.2 Å². The highest BCUT2D eigenvalue weighted by molar-refractivity contribution is 5.78. The maximum Gasteiger partial charge on any atom is 0.348 e. The SMILES string of the molecule is CC(=O)NOC(=O)[C@H](C)N. The fraction of sp³-hybridized carbons (Fsp3) is 0.600. The molecule has 0 spiro atoms. The molecule has 0 aromatic carbocycles. The number of carbonyl (C=O) groups is 2. The third-order valence-corrected chi connectivity index (χ3v) is 0.667. The van der Waals surface area contributed by atoms with Gasteiger partial charge in [-0.2, -0.15) is 5.48 Å². The number of hydrogen-bond acceptors (Lipinski definition) is 4. The lowest BCUT2D eigenvalue weighted by molar-refractivity contribution is -0.158. The predicted octanol–water partition coefficient (Wildman–Crippen LogP) is -1.07. The Hall–Kier alpha value is -1.10. The van der Waals surface area contributed by atoms with Gasteiger partial charge in [-0.25, -0.2) is 4.79 Å². The Balaban J connectivity index is 3.50. The smallest absolute Gasteiger partial charge is 0.339 e. The van der Waals surface area contributed by atoms with Gasteiger partial charge in [-0.15, -0.1) is 0 Å². The minimum atomic E-state index is -0.716. The molecular formula is C5H10N2O3. The highest BCUT2D eigenvalue weighted by Gasteiger charge is 2.08. The van der Waals surface area contributed by atoms with Gasteiger partial charge in [-0.1, -0.05) is 0 Å². The van der Waals surface area contributed by atoms with E-state index in [1.54, 1.807) is 0 Å². The Kier molecular flexibility index (Phi) is 3.42. The molecule has 1 amide bonds. The molecule has 5 heteroatoms. The summed E-state index contributed by atoms with van der Waals surface area (Å²) in [6.45, 7) is 2.69. The summed E-state index contributed by atoms with van der Waals surface area (Å²) in [4.78, 5) is 24.8. The topological polar surface area (TPSA) is 81.4 Å². The first-order valence-corrected chi connectivity index (χ1v) is 2.77. The number of hydrogen-bond donors (Lipinski definition) is 2. The minimum Gasteiger partial charge on any atom is -0.339 e. The van der Waals surface area contributed by atoms with Crippen molar-refractivity contribution in [2.24, 2.45) is 5.73 Å². The molecule has 3 N–H and O–H groups in total. The second kappa shape index (κ2) is 3.84. The van der Waals surface area contributed by atoms with Gasteiger partial charge in [0.1, 0.15) is 6.04 Å². The van der Waals surface area contributed by atoms with E-state index >= 15 is 0 Å². The molecule has 0 aliphatic rings. The van der Waals surface area contributed by atoms with Crippen molar-refractivity contribution >= 4 is 11.9 Å². The van der Waals surface area contributed by atoms with Gasteiger partial charge in [0.15, 0.2) is 0 Å². The average molecular weight is 146 g/mol. The summed E-state index contributed by atoms with van der Waals surface area (Å²) in [7, 11) is 0. The van der Waals surface area contributed by atoms with Crippen molar-refractivity contribution in [1.82, 2.24) is 5.48 Å². The molecule has 0 aromatic heterocycles. The second-order valence-corrected chi connectivity index (χ2v) is 1.87.